The van der Waals surface area contributed by atoms with E-state index in [0.717, 1.165) is 30.5 Å². The first kappa shape index (κ1) is 20.7. The smallest absolute Gasteiger partial charge is 0.251 e. The van der Waals surface area contributed by atoms with Gasteiger partial charge in [-0.05, 0) is 74.6 Å². The van der Waals surface area contributed by atoms with Gasteiger partial charge in [0.1, 0.15) is 18.0 Å². The van der Waals surface area contributed by atoms with E-state index in [1.165, 1.54) is 36.9 Å². The van der Waals surface area contributed by atoms with Crippen molar-refractivity contribution in [2.75, 3.05) is 11.9 Å². The molecule has 0 unspecified atom stereocenters. The van der Waals surface area contributed by atoms with E-state index < -0.39 is 0 Å². The van der Waals surface area contributed by atoms with Crippen molar-refractivity contribution in [1.29, 1.82) is 0 Å². The largest absolute Gasteiger partial charge is 0.352 e. The molecule has 0 atom stereocenters. The van der Waals surface area contributed by atoms with Crippen molar-refractivity contribution >= 4 is 17.4 Å². The molecule has 0 fully saturated rings. The molecule has 0 saturated heterocycles. The van der Waals surface area contributed by atoms with Gasteiger partial charge in [-0.3, -0.25) is 4.79 Å². The van der Waals surface area contributed by atoms with Crippen LogP contribution in [0.4, 0.5) is 15.9 Å². The minimum absolute atomic E-state index is 0.0882. The second-order valence-corrected chi connectivity index (χ2v) is 7.62. The number of allylic oxidation sites excluding steroid dienone is 1. The highest BCUT2D eigenvalue weighted by Gasteiger charge is 2.09. The first-order valence-corrected chi connectivity index (χ1v) is 10.6. The number of anilines is 2. The summed E-state index contributed by atoms with van der Waals surface area (Å²) in [5, 5.41) is 6.22. The summed E-state index contributed by atoms with van der Waals surface area (Å²) in [4.78, 5) is 21.1. The average Bonchev–Trinajstić information content (AvgIpc) is 2.80. The molecule has 2 N–H and O–H groups in total. The summed E-state index contributed by atoms with van der Waals surface area (Å²) in [5.41, 5.74) is 4.28. The topological polar surface area (TPSA) is 66.9 Å². The van der Waals surface area contributed by atoms with Crippen molar-refractivity contribution in [2.45, 2.75) is 32.1 Å². The van der Waals surface area contributed by atoms with E-state index >= 15 is 0 Å². The molecule has 0 spiro atoms. The third kappa shape index (κ3) is 5.75. The Hall–Kier alpha value is -3.54. The Kier molecular flexibility index (Phi) is 6.67. The van der Waals surface area contributed by atoms with E-state index in [1.807, 2.05) is 12.1 Å². The summed E-state index contributed by atoms with van der Waals surface area (Å²) < 4.78 is 13.2. The van der Waals surface area contributed by atoms with Gasteiger partial charge in [0, 0.05) is 29.4 Å². The van der Waals surface area contributed by atoms with Crippen LogP contribution in [-0.2, 0) is 0 Å². The van der Waals surface area contributed by atoms with Gasteiger partial charge in [-0.2, -0.15) is 0 Å². The summed E-state index contributed by atoms with van der Waals surface area (Å²) in [5.74, 6) is 0.215. The Balaban J connectivity index is 1.39. The first-order valence-electron chi connectivity index (χ1n) is 10.6. The summed E-state index contributed by atoms with van der Waals surface area (Å²) in [6.07, 6.45) is 9.50. The number of nitrogens with zero attached hydrogens (tertiary/aromatic N) is 2. The Bertz CT molecular complexity index is 1080. The minimum atomic E-state index is -0.290. The predicted octanol–water partition coefficient (Wildman–Crippen LogP) is 5.65. The number of halogens is 1. The molecule has 3 aromatic rings. The van der Waals surface area contributed by atoms with Gasteiger partial charge in [0.05, 0.1) is 5.69 Å². The summed E-state index contributed by atoms with van der Waals surface area (Å²) >= 11 is 0. The molecule has 1 aromatic heterocycles. The van der Waals surface area contributed by atoms with Crippen LogP contribution in [0.3, 0.4) is 0 Å². The lowest BCUT2D eigenvalue weighted by Crippen LogP contribution is -2.24. The van der Waals surface area contributed by atoms with Gasteiger partial charge in [-0.25, -0.2) is 14.4 Å². The van der Waals surface area contributed by atoms with Crippen LogP contribution in [-0.4, -0.2) is 22.4 Å². The normalized spacial score (nSPS) is 13.4. The Morgan fingerprint density at radius 1 is 1.03 bits per heavy atom. The fraction of sp³-hybridized carbons (Fsp3) is 0.240. The van der Waals surface area contributed by atoms with E-state index in [1.54, 1.807) is 30.3 Å². The first-order chi connectivity index (χ1) is 15.2. The van der Waals surface area contributed by atoms with Crippen LogP contribution >= 0.6 is 0 Å². The molecule has 0 saturated carbocycles. The highest BCUT2D eigenvalue weighted by atomic mass is 19.1. The molecule has 31 heavy (non-hydrogen) atoms. The monoisotopic (exact) mass is 416 g/mol. The zero-order valence-corrected chi connectivity index (χ0v) is 17.3. The lowest BCUT2D eigenvalue weighted by atomic mass is 9.97. The molecule has 1 amide bonds. The standard InChI is InChI=1S/C25H25FN4O/c26-21-11-9-19(10-12-21)23-16-24(29-17-28-23)30-22-8-4-7-20(15-22)25(31)27-14-13-18-5-2-1-3-6-18/h4-5,7-12,15-17H,1-3,6,13-14H2,(H,27,31)(H,28,29,30). The van der Waals surface area contributed by atoms with Gasteiger partial charge in [0.2, 0.25) is 0 Å². The number of benzene rings is 2. The third-order valence-electron chi connectivity index (χ3n) is 5.32. The quantitative estimate of drug-likeness (QED) is 0.489. The molecule has 0 bridgehead atoms. The second kappa shape index (κ2) is 9.98. The summed E-state index contributed by atoms with van der Waals surface area (Å²) in [6.45, 7) is 0.648. The molecular weight excluding hydrogens is 391 g/mol. The average molecular weight is 417 g/mol. The maximum atomic E-state index is 13.2. The second-order valence-electron chi connectivity index (χ2n) is 7.62. The van der Waals surface area contributed by atoms with E-state index in [0.29, 0.717) is 23.6 Å². The van der Waals surface area contributed by atoms with E-state index in [4.69, 9.17) is 0 Å². The third-order valence-corrected chi connectivity index (χ3v) is 5.32. The van der Waals surface area contributed by atoms with Crippen LogP contribution in [0.1, 0.15) is 42.5 Å². The van der Waals surface area contributed by atoms with Crippen molar-refractivity contribution in [3.8, 4) is 11.3 Å². The fourth-order valence-electron chi connectivity index (χ4n) is 3.66. The van der Waals surface area contributed by atoms with Gasteiger partial charge in [-0.1, -0.05) is 17.7 Å². The molecular formula is C25H25FN4O. The minimum Gasteiger partial charge on any atom is -0.352 e. The van der Waals surface area contributed by atoms with Gasteiger partial charge in [-0.15, -0.1) is 0 Å². The van der Waals surface area contributed by atoms with E-state index in [2.05, 4.69) is 26.7 Å². The van der Waals surface area contributed by atoms with Crippen LogP contribution in [0.25, 0.3) is 11.3 Å². The van der Waals surface area contributed by atoms with Crippen LogP contribution in [0.15, 0.2) is 72.6 Å². The van der Waals surface area contributed by atoms with Crippen molar-refractivity contribution in [3.05, 3.63) is 84.0 Å². The van der Waals surface area contributed by atoms with Crippen molar-refractivity contribution in [1.82, 2.24) is 15.3 Å². The van der Waals surface area contributed by atoms with E-state index in [9.17, 15) is 9.18 Å². The van der Waals surface area contributed by atoms with Crippen LogP contribution in [0.2, 0.25) is 0 Å². The molecule has 6 heteroatoms. The number of carbonyl (C=O) groups is 1. The highest BCUT2D eigenvalue weighted by Crippen LogP contribution is 2.22. The Morgan fingerprint density at radius 3 is 2.71 bits per heavy atom. The molecule has 5 nitrogen and oxygen atoms in total. The lowest BCUT2D eigenvalue weighted by Gasteiger charge is -2.13. The fourth-order valence-corrected chi connectivity index (χ4v) is 3.66. The van der Waals surface area contributed by atoms with Gasteiger partial charge in [0.25, 0.3) is 5.91 Å². The molecule has 2 aromatic carbocycles. The maximum absolute atomic E-state index is 13.2. The maximum Gasteiger partial charge on any atom is 0.251 e. The SMILES string of the molecule is O=C(NCCC1=CCCCC1)c1cccc(Nc2cc(-c3ccc(F)cc3)ncn2)c1. The van der Waals surface area contributed by atoms with Gasteiger partial charge < -0.3 is 10.6 Å². The molecule has 0 aliphatic heterocycles. The summed E-state index contributed by atoms with van der Waals surface area (Å²) in [7, 11) is 0. The van der Waals surface area contributed by atoms with Crippen molar-refractivity contribution in [2.24, 2.45) is 0 Å². The number of hydrogen-bond acceptors (Lipinski definition) is 4. The Labute approximate surface area is 181 Å². The number of aromatic nitrogens is 2. The summed E-state index contributed by atoms with van der Waals surface area (Å²) in [6, 6.07) is 15.3. The number of nitrogens with one attached hydrogen (secondary N) is 2. The van der Waals surface area contributed by atoms with Crippen molar-refractivity contribution < 1.29 is 9.18 Å². The highest BCUT2D eigenvalue weighted by molar-refractivity contribution is 5.95. The van der Waals surface area contributed by atoms with Gasteiger partial charge >= 0.3 is 0 Å². The molecule has 4 rings (SSSR count). The molecule has 0 radical (unpaired) electrons. The molecule has 158 valence electrons. The zero-order valence-electron chi connectivity index (χ0n) is 17.3. The zero-order chi connectivity index (χ0) is 21.5. The number of carbonyl (C=O) groups excluding carboxylic acids is 1. The lowest BCUT2D eigenvalue weighted by molar-refractivity contribution is 0.0954. The van der Waals surface area contributed by atoms with Gasteiger partial charge in [0.15, 0.2) is 0 Å². The molecule has 1 aliphatic rings. The van der Waals surface area contributed by atoms with Crippen LogP contribution in [0.5, 0.6) is 0 Å². The predicted molar refractivity (Wildman–Crippen MR) is 121 cm³/mol. The number of rotatable bonds is 7. The number of hydrogen-bond donors (Lipinski definition) is 2. The molecule has 1 aliphatic carbocycles. The number of amides is 1. The van der Waals surface area contributed by atoms with Crippen molar-refractivity contribution in [3.63, 3.8) is 0 Å². The Morgan fingerprint density at radius 2 is 1.90 bits per heavy atom. The van der Waals surface area contributed by atoms with Crippen LogP contribution < -0.4 is 10.6 Å². The van der Waals surface area contributed by atoms with E-state index in [-0.39, 0.29) is 11.7 Å². The molecule has 1 heterocycles. The van der Waals surface area contributed by atoms with Crippen LogP contribution in [0, 0.1) is 5.82 Å².